The van der Waals surface area contributed by atoms with Gasteiger partial charge < -0.3 is 10.2 Å². The molecule has 8 heteroatoms. The Balaban J connectivity index is 2.07. The molecule has 0 spiro atoms. The molecule has 0 aliphatic heterocycles. The zero-order valence-corrected chi connectivity index (χ0v) is 13.8. The maximum Gasteiger partial charge on any atom is 0.287 e. The van der Waals surface area contributed by atoms with Gasteiger partial charge in [0.25, 0.3) is 5.56 Å². The van der Waals surface area contributed by atoms with E-state index in [1.54, 1.807) is 17.5 Å². The normalized spacial score (nSPS) is 11.1. The maximum absolute atomic E-state index is 12.1. The van der Waals surface area contributed by atoms with E-state index in [4.69, 9.17) is 11.6 Å². The summed E-state index contributed by atoms with van der Waals surface area (Å²) in [6, 6.07) is 0. The molecule has 0 radical (unpaired) electrons. The van der Waals surface area contributed by atoms with Crippen molar-refractivity contribution in [1.29, 1.82) is 0 Å². The van der Waals surface area contributed by atoms with Crippen molar-refractivity contribution in [3.8, 4) is 0 Å². The van der Waals surface area contributed by atoms with Gasteiger partial charge in [0.05, 0.1) is 35.7 Å². The summed E-state index contributed by atoms with van der Waals surface area (Å²) in [6.07, 6.45) is 1.58. The predicted molar refractivity (Wildman–Crippen MR) is 86.2 cm³/mol. The first-order valence-corrected chi connectivity index (χ1v) is 7.78. The number of nitrogens with zero attached hydrogens (tertiary/aromatic N) is 4. The third kappa shape index (κ3) is 4.26. The van der Waals surface area contributed by atoms with Gasteiger partial charge in [0, 0.05) is 11.9 Å². The topological polar surface area (TPSA) is 63.1 Å². The number of aromatic nitrogens is 3. The van der Waals surface area contributed by atoms with Gasteiger partial charge >= 0.3 is 0 Å². The van der Waals surface area contributed by atoms with Crippen LogP contribution >= 0.6 is 22.9 Å². The molecular weight excluding hydrogens is 310 g/mol. The summed E-state index contributed by atoms with van der Waals surface area (Å²) in [7, 11) is 3.89. The van der Waals surface area contributed by atoms with E-state index in [2.05, 4.69) is 15.4 Å². The fourth-order valence-electron chi connectivity index (χ4n) is 1.72. The minimum Gasteiger partial charge on any atom is -0.377 e. The Labute approximate surface area is 132 Å². The fraction of sp³-hybridized carbons (Fsp3) is 0.462. The number of hydrogen-bond acceptors (Lipinski definition) is 6. The molecule has 2 rings (SSSR count). The first-order valence-electron chi connectivity index (χ1n) is 6.52. The highest BCUT2D eigenvalue weighted by Gasteiger charge is 2.09. The molecule has 21 heavy (non-hydrogen) atoms. The lowest BCUT2D eigenvalue weighted by Gasteiger charge is -2.12. The van der Waals surface area contributed by atoms with Gasteiger partial charge in [0.15, 0.2) is 0 Å². The minimum absolute atomic E-state index is 0.163. The molecule has 6 nitrogen and oxygen atoms in total. The van der Waals surface area contributed by atoms with E-state index < -0.39 is 0 Å². The van der Waals surface area contributed by atoms with Crippen LogP contribution in [-0.4, -0.2) is 40.3 Å². The van der Waals surface area contributed by atoms with Gasteiger partial charge in [-0.05, 0) is 21.0 Å². The van der Waals surface area contributed by atoms with E-state index in [1.807, 2.05) is 31.3 Å². The summed E-state index contributed by atoms with van der Waals surface area (Å²) < 4.78 is 1.38. The lowest BCUT2D eigenvalue weighted by molar-refractivity contribution is 0.367. The Morgan fingerprint density at radius 1 is 1.48 bits per heavy atom. The lowest BCUT2D eigenvalue weighted by Crippen LogP contribution is -2.29. The number of thiazole rings is 1. The second-order valence-electron chi connectivity index (χ2n) is 4.92. The summed E-state index contributed by atoms with van der Waals surface area (Å²) in [5, 5.41) is 10.4. The fourth-order valence-corrected chi connectivity index (χ4v) is 2.54. The maximum atomic E-state index is 12.1. The Kier molecular flexibility index (Phi) is 5.33. The smallest absolute Gasteiger partial charge is 0.287 e. The van der Waals surface area contributed by atoms with Gasteiger partial charge in [-0.1, -0.05) is 11.6 Å². The lowest BCUT2D eigenvalue weighted by atomic mass is 10.4. The zero-order chi connectivity index (χ0) is 15.4. The van der Waals surface area contributed by atoms with E-state index in [0.717, 1.165) is 17.2 Å². The van der Waals surface area contributed by atoms with E-state index in [-0.39, 0.29) is 10.6 Å². The monoisotopic (exact) mass is 327 g/mol. The van der Waals surface area contributed by atoms with Crippen molar-refractivity contribution in [2.45, 2.75) is 20.0 Å². The average molecular weight is 328 g/mol. The second-order valence-corrected chi connectivity index (χ2v) is 6.36. The van der Waals surface area contributed by atoms with Crippen LogP contribution in [0, 0.1) is 6.92 Å². The van der Waals surface area contributed by atoms with Crippen molar-refractivity contribution in [1.82, 2.24) is 19.7 Å². The summed E-state index contributed by atoms with van der Waals surface area (Å²) >= 11 is 7.71. The highest BCUT2D eigenvalue weighted by Crippen LogP contribution is 2.17. The summed E-state index contributed by atoms with van der Waals surface area (Å²) in [5.74, 6) is 0. The quantitative estimate of drug-likeness (QED) is 0.877. The number of halogens is 1. The molecule has 0 saturated carbocycles. The molecule has 2 aromatic rings. The van der Waals surface area contributed by atoms with Crippen LogP contribution in [-0.2, 0) is 13.1 Å². The third-order valence-electron chi connectivity index (χ3n) is 2.87. The number of likely N-dealkylation sites (N-methyl/N-ethyl adjacent to an activating group) is 1. The third-order valence-corrected chi connectivity index (χ3v) is 4.06. The van der Waals surface area contributed by atoms with Gasteiger partial charge in [-0.2, -0.15) is 5.10 Å². The number of nitrogens with one attached hydrogen (secondary N) is 1. The summed E-state index contributed by atoms with van der Waals surface area (Å²) in [4.78, 5) is 18.4. The number of anilines is 1. The average Bonchev–Trinajstić information content (AvgIpc) is 2.85. The zero-order valence-electron chi connectivity index (χ0n) is 12.3. The number of hydrogen-bond donors (Lipinski definition) is 1. The van der Waals surface area contributed by atoms with Crippen molar-refractivity contribution in [3.63, 3.8) is 0 Å². The molecule has 2 heterocycles. The van der Waals surface area contributed by atoms with Crippen molar-refractivity contribution >= 4 is 28.6 Å². The molecule has 1 N–H and O–H groups in total. The van der Waals surface area contributed by atoms with Crippen molar-refractivity contribution in [2.75, 3.05) is 26.0 Å². The summed E-state index contributed by atoms with van der Waals surface area (Å²) in [5.41, 5.74) is 1.18. The van der Waals surface area contributed by atoms with Crippen LogP contribution in [0.2, 0.25) is 5.02 Å². The molecule has 0 aliphatic rings. The van der Waals surface area contributed by atoms with Crippen LogP contribution in [0.1, 0.15) is 10.7 Å². The number of rotatable bonds is 6. The van der Waals surface area contributed by atoms with Gasteiger partial charge in [0.1, 0.15) is 5.02 Å². The Hall–Kier alpha value is -1.44. The molecule has 0 amide bonds. The van der Waals surface area contributed by atoms with E-state index >= 15 is 0 Å². The van der Waals surface area contributed by atoms with Crippen molar-refractivity contribution < 1.29 is 0 Å². The van der Waals surface area contributed by atoms with Gasteiger partial charge in [-0.15, -0.1) is 11.3 Å². The van der Waals surface area contributed by atoms with Crippen LogP contribution in [0.5, 0.6) is 0 Å². The van der Waals surface area contributed by atoms with Crippen LogP contribution in [0.3, 0.4) is 0 Å². The molecule has 0 fully saturated rings. The van der Waals surface area contributed by atoms with E-state index in [1.165, 1.54) is 4.68 Å². The van der Waals surface area contributed by atoms with Crippen LogP contribution in [0.25, 0.3) is 0 Å². The number of aryl methyl sites for hydroxylation is 1. The predicted octanol–water partition coefficient (Wildman–Crippen LogP) is 1.84. The first-order chi connectivity index (χ1) is 9.97. The van der Waals surface area contributed by atoms with E-state index in [0.29, 0.717) is 18.8 Å². The Morgan fingerprint density at radius 3 is 2.86 bits per heavy atom. The largest absolute Gasteiger partial charge is 0.377 e. The van der Waals surface area contributed by atoms with Crippen molar-refractivity contribution in [3.05, 3.63) is 37.7 Å². The SMILES string of the molecule is Cc1nc(CNc2cnn(CCN(C)C)c(=O)c2Cl)cs1. The summed E-state index contributed by atoms with van der Waals surface area (Å²) in [6.45, 7) is 3.72. The van der Waals surface area contributed by atoms with E-state index in [9.17, 15) is 4.79 Å². The molecule has 0 saturated heterocycles. The van der Waals surface area contributed by atoms with Crippen LogP contribution in [0.15, 0.2) is 16.4 Å². The Morgan fingerprint density at radius 2 is 2.24 bits per heavy atom. The first kappa shape index (κ1) is 15.9. The molecular formula is C13H18ClN5OS. The van der Waals surface area contributed by atoms with Crippen LogP contribution < -0.4 is 10.9 Å². The highest BCUT2D eigenvalue weighted by atomic mass is 35.5. The van der Waals surface area contributed by atoms with Crippen molar-refractivity contribution in [2.24, 2.45) is 0 Å². The molecule has 0 bridgehead atoms. The molecule has 0 unspecified atom stereocenters. The highest BCUT2D eigenvalue weighted by molar-refractivity contribution is 7.09. The standard InChI is InChI=1S/C13H18ClN5OS/c1-9-17-10(8-21-9)6-15-11-7-16-19(5-4-18(2)3)13(20)12(11)14/h7-8,15H,4-6H2,1-3H3. The molecule has 0 aromatic carbocycles. The molecule has 0 aliphatic carbocycles. The van der Waals surface area contributed by atoms with Gasteiger partial charge in [-0.25, -0.2) is 9.67 Å². The van der Waals surface area contributed by atoms with Crippen LogP contribution in [0.4, 0.5) is 5.69 Å². The van der Waals surface area contributed by atoms with Gasteiger partial charge in [-0.3, -0.25) is 4.79 Å². The minimum atomic E-state index is -0.280. The second kappa shape index (κ2) is 7.02. The Bertz CT molecular complexity index is 667. The molecule has 2 aromatic heterocycles. The van der Waals surface area contributed by atoms with Gasteiger partial charge in [0.2, 0.25) is 0 Å². The molecule has 114 valence electrons. The molecule has 0 atom stereocenters.